The fraction of sp³-hybridized carbons (Fsp3) is 0.545. The SMILES string of the molecule is COCCN(C)c1cnn(CCC(=O)O)c(=O)c1. The van der Waals surface area contributed by atoms with E-state index in [1.54, 1.807) is 13.3 Å². The molecule has 0 aromatic carbocycles. The van der Waals surface area contributed by atoms with Crippen LogP contribution in [0.15, 0.2) is 17.1 Å². The van der Waals surface area contributed by atoms with Crippen molar-refractivity contribution in [2.75, 3.05) is 32.2 Å². The van der Waals surface area contributed by atoms with E-state index >= 15 is 0 Å². The number of carboxylic acid groups (broad SMARTS) is 1. The van der Waals surface area contributed by atoms with Gasteiger partial charge in [-0.05, 0) is 0 Å². The normalized spacial score (nSPS) is 10.3. The first-order valence-corrected chi connectivity index (χ1v) is 5.53. The molecule has 0 atom stereocenters. The van der Waals surface area contributed by atoms with Crippen LogP contribution in [-0.4, -0.2) is 48.2 Å². The number of likely N-dealkylation sites (N-methyl/N-ethyl adjacent to an activating group) is 1. The number of rotatable bonds is 7. The monoisotopic (exact) mass is 255 g/mol. The summed E-state index contributed by atoms with van der Waals surface area (Å²) in [6.45, 7) is 1.28. The molecule has 7 heteroatoms. The minimum atomic E-state index is -0.954. The van der Waals surface area contributed by atoms with E-state index in [-0.39, 0.29) is 18.5 Å². The van der Waals surface area contributed by atoms with Gasteiger partial charge in [0.2, 0.25) is 0 Å². The van der Waals surface area contributed by atoms with E-state index < -0.39 is 5.97 Å². The second kappa shape index (κ2) is 6.75. The highest BCUT2D eigenvalue weighted by Crippen LogP contribution is 2.06. The van der Waals surface area contributed by atoms with Gasteiger partial charge in [0, 0.05) is 26.8 Å². The van der Waals surface area contributed by atoms with Gasteiger partial charge >= 0.3 is 5.97 Å². The van der Waals surface area contributed by atoms with Gasteiger partial charge in [-0.25, -0.2) is 4.68 Å². The van der Waals surface area contributed by atoms with Crippen molar-refractivity contribution in [3.63, 3.8) is 0 Å². The maximum absolute atomic E-state index is 11.7. The van der Waals surface area contributed by atoms with Gasteiger partial charge in [0.15, 0.2) is 0 Å². The van der Waals surface area contributed by atoms with Gasteiger partial charge < -0.3 is 14.7 Å². The Morgan fingerprint density at radius 3 is 2.89 bits per heavy atom. The molecule has 0 spiro atoms. The number of aromatic nitrogens is 2. The van der Waals surface area contributed by atoms with E-state index in [9.17, 15) is 9.59 Å². The molecule has 100 valence electrons. The fourth-order valence-corrected chi connectivity index (χ4v) is 1.36. The van der Waals surface area contributed by atoms with Crippen molar-refractivity contribution in [3.05, 3.63) is 22.6 Å². The maximum Gasteiger partial charge on any atom is 0.305 e. The van der Waals surface area contributed by atoms with Crippen LogP contribution >= 0.6 is 0 Å². The molecule has 0 aliphatic rings. The number of ether oxygens (including phenoxy) is 1. The molecular weight excluding hydrogens is 238 g/mol. The Labute approximate surface area is 105 Å². The Bertz CT molecular complexity index is 458. The van der Waals surface area contributed by atoms with Gasteiger partial charge in [0.25, 0.3) is 5.56 Å². The van der Waals surface area contributed by atoms with E-state index in [0.29, 0.717) is 18.8 Å². The van der Waals surface area contributed by atoms with E-state index in [0.717, 1.165) is 4.68 Å². The topological polar surface area (TPSA) is 84.7 Å². The zero-order chi connectivity index (χ0) is 13.5. The van der Waals surface area contributed by atoms with E-state index in [1.165, 1.54) is 6.07 Å². The third-order valence-corrected chi connectivity index (χ3v) is 2.46. The maximum atomic E-state index is 11.7. The number of carboxylic acids is 1. The molecule has 0 saturated carbocycles. The van der Waals surface area contributed by atoms with Crippen LogP contribution in [0.3, 0.4) is 0 Å². The standard InChI is InChI=1S/C11H17N3O4/c1-13(5-6-18-2)9-7-10(15)14(12-8-9)4-3-11(16)17/h7-8H,3-6H2,1-2H3,(H,16,17). The summed E-state index contributed by atoms with van der Waals surface area (Å²) in [5.74, 6) is -0.954. The van der Waals surface area contributed by atoms with Crippen LogP contribution in [0.5, 0.6) is 0 Å². The molecule has 0 radical (unpaired) electrons. The average Bonchev–Trinajstić information content (AvgIpc) is 2.34. The van der Waals surface area contributed by atoms with Gasteiger partial charge in [0.05, 0.1) is 31.5 Å². The summed E-state index contributed by atoms with van der Waals surface area (Å²) in [7, 11) is 3.44. The van der Waals surface area contributed by atoms with Crippen LogP contribution in [0.4, 0.5) is 5.69 Å². The lowest BCUT2D eigenvalue weighted by atomic mass is 10.4. The molecule has 1 N–H and O–H groups in total. The molecule has 0 amide bonds. The lowest BCUT2D eigenvalue weighted by Crippen LogP contribution is -2.28. The molecule has 1 rings (SSSR count). The Morgan fingerprint density at radius 1 is 1.61 bits per heavy atom. The second-order valence-electron chi connectivity index (χ2n) is 3.83. The number of aryl methyl sites for hydroxylation is 1. The van der Waals surface area contributed by atoms with Crippen LogP contribution in [0, 0.1) is 0 Å². The highest BCUT2D eigenvalue weighted by atomic mass is 16.5. The zero-order valence-corrected chi connectivity index (χ0v) is 10.5. The van der Waals surface area contributed by atoms with Crippen LogP contribution in [0.2, 0.25) is 0 Å². The lowest BCUT2D eigenvalue weighted by molar-refractivity contribution is -0.137. The summed E-state index contributed by atoms with van der Waals surface area (Å²) in [5, 5.41) is 12.5. The van der Waals surface area contributed by atoms with Crippen molar-refractivity contribution in [2.24, 2.45) is 0 Å². The van der Waals surface area contributed by atoms with Crippen molar-refractivity contribution in [2.45, 2.75) is 13.0 Å². The third-order valence-electron chi connectivity index (χ3n) is 2.46. The number of carbonyl (C=O) groups is 1. The molecule has 0 aliphatic carbocycles. The van der Waals surface area contributed by atoms with Crippen molar-refractivity contribution < 1.29 is 14.6 Å². The van der Waals surface area contributed by atoms with E-state index in [2.05, 4.69) is 5.10 Å². The number of hydrogen-bond donors (Lipinski definition) is 1. The molecule has 18 heavy (non-hydrogen) atoms. The third kappa shape index (κ3) is 4.17. The van der Waals surface area contributed by atoms with Crippen molar-refractivity contribution in [1.29, 1.82) is 0 Å². The number of nitrogens with zero attached hydrogens (tertiary/aromatic N) is 3. The van der Waals surface area contributed by atoms with Gasteiger partial charge in [-0.15, -0.1) is 0 Å². The first-order chi connectivity index (χ1) is 8.54. The van der Waals surface area contributed by atoms with Gasteiger partial charge in [0.1, 0.15) is 0 Å². The van der Waals surface area contributed by atoms with Crippen LogP contribution in [0.1, 0.15) is 6.42 Å². The molecule has 1 aromatic rings. The summed E-state index contributed by atoms with van der Waals surface area (Å²) >= 11 is 0. The van der Waals surface area contributed by atoms with Gasteiger partial charge in [-0.3, -0.25) is 9.59 Å². The number of methoxy groups -OCH3 is 1. The molecule has 1 heterocycles. The average molecular weight is 255 g/mol. The molecule has 0 bridgehead atoms. The number of aliphatic carboxylic acids is 1. The van der Waals surface area contributed by atoms with Crippen molar-refractivity contribution in [1.82, 2.24) is 9.78 Å². The summed E-state index contributed by atoms with van der Waals surface area (Å²) in [4.78, 5) is 23.9. The lowest BCUT2D eigenvalue weighted by Gasteiger charge is -2.18. The Morgan fingerprint density at radius 2 is 2.33 bits per heavy atom. The first kappa shape index (κ1) is 14.2. The predicted octanol–water partition coefficient (Wildman–Crippen LogP) is -0.199. The Hall–Kier alpha value is -1.89. The zero-order valence-electron chi connectivity index (χ0n) is 10.5. The molecule has 0 aliphatic heterocycles. The quantitative estimate of drug-likeness (QED) is 0.726. The minimum Gasteiger partial charge on any atom is -0.481 e. The Kier molecular flexibility index (Phi) is 5.31. The number of hydrogen-bond acceptors (Lipinski definition) is 5. The van der Waals surface area contributed by atoms with Crippen LogP contribution in [0.25, 0.3) is 0 Å². The van der Waals surface area contributed by atoms with Crippen LogP contribution in [-0.2, 0) is 16.1 Å². The molecule has 7 nitrogen and oxygen atoms in total. The predicted molar refractivity (Wildman–Crippen MR) is 65.9 cm³/mol. The second-order valence-corrected chi connectivity index (χ2v) is 3.83. The number of anilines is 1. The van der Waals surface area contributed by atoms with E-state index in [4.69, 9.17) is 9.84 Å². The smallest absolute Gasteiger partial charge is 0.305 e. The fourth-order valence-electron chi connectivity index (χ4n) is 1.36. The minimum absolute atomic E-state index is 0.0796. The van der Waals surface area contributed by atoms with Gasteiger partial charge in [-0.2, -0.15) is 5.10 Å². The van der Waals surface area contributed by atoms with Crippen molar-refractivity contribution in [3.8, 4) is 0 Å². The Balaban J connectivity index is 2.72. The first-order valence-electron chi connectivity index (χ1n) is 5.53. The summed E-state index contributed by atoms with van der Waals surface area (Å²) < 4.78 is 6.08. The van der Waals surface area contributed by atoms with E-state index in [1.807, 2.05) is 11.9 Å². The summed E-state index contributed by atoms with van der Waals surface area (Å²) in [5.41, 5.74) is 0.377. The molecule has 1 aromatic heterocycles. The summed E-state index contributed by atoms with van der Waals surface area (Å²) in [6, 6.07) is 1.44. The van der Waals surface area contributed by atoms with Gasteiger partial charge in [-0.1, -0.05) is 0 Å². The summed E-state index contributed by atoms with van der Waals surface area (Å²) in [6.07, 6.45) is 1.42. The molecular formula is C11H17N3O4. The molecule has 0 fully saturated rings. The molecule has 0 saturated heterocycles. The highest BCUT2D eigenvalue weighted by molar-refractivity contribution is 5.66. The largest absolute Gasteiger partial charge is 0.481 e. The van der Waals surface area contributed by atoms with Crippen LogP contribution < -0.4 is 10.5 Å². The van der Waals surface area contributed by atoms with Crippen molar-refractivity contribution >= 4 is 11.7 Å². The highest BCUT2D eigenvalue weighted by Gasteiger charge is 2.06. The molecule has 0 unspecified atom stereocenters.